The summed E-state index contributed by atoms with van der Waals surface area (Å²) in [5.41, 5.74) is 2.98. The van der Waals surface area contributed by atoms with Crippen LogP contribution in [-0.4, -0.2) is 36.4 Å². The average Bonchev–Trinajstić information content (AvgIpc) is 3.27. The van der Waals surface area contributed by atoms with Gasteiger partial charge in [0, 0.05) is 5.69 Å². The fourth-order valence-corrected chi connectivity index (χ4v) is 5.63. The SMILES string of the molecule is CC(C)[C@@H](NS(=O)(=O)c1ccc(-c2ccc(NC(=O)c3nc4ccccc4s3)cc2)cc1)C(=O)O. The number of amides is 1. The zero-order valence-electron chi connectivity index (χ0n) is 18.9. The van der Waals surface area contributed by atoms with E-state index in [0.717, 1.165) is 21.3 Å². The maximum Gasteiger partial charge on any atom is 0.322 e. The first-order valence-electron chi connectivity index (χ1n) is 10.8. The third kappa shape index (κ3) is 5.56. The molecule has 1 heterocycles. The van der Waals surface area contributed by atoms with Crippen molar-refractivity contribution < 1.29 is 23.1 Å². The van der Waals surface area contributed by atoms with Gasteiger partial charge in [-0.05, 0) is 53.4 Å². The number of benzene rings is 3. The van der Waals surface area contributed by atoms with Crippen molar-refractivity contribution >= 4 is 49.1 Å². The van der Waals surface area contributed by atoms with Crippen LogP contribution in [0.1, 0.15) is 23.6 Å². The lowest BCUT2D eigenvalue weighted by Gasteiger charge is -2.18. The molecule has 180 valence electrons. The second-order valence-corrected chi connectivity index (χ2v) is 11.0. The standard InChI is InChI=1S/C25H23N3O5S2/c1-15(2)22(25(30)31)28-35(32,33)19-13-9-17(10-14-19)16-7-11-18(12-8-16)26-23(29)24-27-20-5-3-4-6-21(20)34-24/h3-15,22,28H,1-2H3,(H,26,29)(H,30,31)/t22-/m1/s1. The van der Waals surface area contributed by atoms with Crippen molar-refractivity contribution in [1.29, 1.82) is 0 Å². The van der Waals surface area contributed by atoms with Crippen LogP contribution in [0.3, 0.4) is 0 Å². The Morgan fingerprint density at radius 1 is 0.914 bits per heavy atom. The zero-order valence-corrected chi connectivity index (χ0v) is 20.6. The van der Waals surface area contributed by atoms with Crippen LogP contribution in [0.2, 0.25) is 0 Å². The predicted octanol–water partition coefficient (Wildman–Crippen LogP) is 4.60. The molecule has 10 heteroatoms. The first-order chi connectivity index (χ1) is 16.6. The average molecular weight is 510 g/mol. The second kappa shape index (κ2) is 9.95. The molecule has 0 saturated heterocycles. The van der Waals surface area contributed by atoms with Crippen molar-refractivity contribution in [2.75, 3.05) is 5.32 Å². The quantitative estimate of drug-likeness (QED) is 0.319. The Morgan fingerprint density at radius 3 is 2.09 bits per heavy atom. The summed E-state index contributed by atoms with van der Waals surface area (Å²) in [6.07, 6.45) is 0. The molecule has 1 amide bonds. The van der Waals surface area contributed by atoms with Crippen LogP contribution in [0, 0.1) is 5.92 Å². The molecule has 4 aromatic rings. The van der Waals surface area contributed by atoms with Crippen LogP contribution < -0.4 is 10.0 Å². The third-order valence-corrected chi connectivity index (χ3v) is 7.84. The maximum absolute atomic E-state index is 12.6. The Bertz CT molecular complexity index is 1440. The lowest BCUT2D eigenvalue weighted by atomic mass is 10.1. The topological polar surface area (TPSA) is 125 Å². The molecule has 1 atom stereocenters. The summed E-state index contributed by atoms with van der Waals surface area (Å²) in [5.74, 6) is -1.92. The molecule has 0 fully saturated rings. The number of carbonyl (C=O) groups is 2. The highest BCUT2D eigenvalue weighted by Gasteiger charge is 2.28. The van der Waals surface area contributed by atoms with E-state index in [2.05, 4.69) is 15.0 Å². The molecule has 3 aromatic carbocycles. The van der Waals surface area contributed by atoms with Gasteiger partial charge in [0.1, 0.15) is 6.04 Å². The number of para-hydroxylation sites is 1. The molecule has 0 aliphatic heterocycles. The highest BCUT2D eigenvalue weighted by Crippen LogP contribution is 2.25. The Labute approximate surface area is 206 Å². The van der Waals surface area contributed by atoms with Crippen LogP contribution >= 0.6 is 11.3 Å². The van der Waals surface area contributed by atoms with Gasteiger partial charge in [-0.2, -0.15) is 4.72 Å². The van der Waals surface area contributed by atoms with E-state index < -0.39 is 28.0 Å². The summed E-state index contributed by atoms with van der Waals surface area (Å²) in [6.45, 7) is 3.27. The highest BCUT2D eigenvalue weighted by atomic mass is 32.2. The Morgan fingerprint density at radius 2 is 1.51 bits per heavy atom. The van der Waals surface area contributed by atoms with E-state index in [1.165, 1.54) is 23.5 Å². The molecule has 0 aliphatic rings. The van der Waals surface area contributed by atoms with E-state index in [-0.39, 0.29) is 10.8 Å². The van der Waals surface area contributed by atoms with Crippen LogP contribution in [0.4, 0.5) is 5.69 Å². The number of fused-ring (bicyclic) bond motifs is 1. The van der Waals surface area contributed by atoms with Gasteiger partial charge in [-0.3, -0.25) is 9.59 Å². The summed E-state index contributed by atoms with van der Waals surface area (Å²) in [7, 11) is -3.99. The van der Waals surface area contributed by atoms with Crippen molar-refractivity contribution in [3.8, 4) is 11.1 Å². The number of carboxylic acids is 1. The minimum atomic E-state index is -3.99. The van der Waals surface area contributed by atoms with Gasteiger partial charge in [0.25, 0.3) is 5.91 Å². The van der Waals surface area contributed by atoms with Crippen LogP contribution in [-0.2, 0) is 14.8 Å². The van der Waals surface area contributed by atoms with Gasteiger partial charge >= 0.3 is 5.97 Å². The number of nitrogens with zero attached hydrogens (tertiary/aromatic N) is 1. The zero-order chi connectivity index (χ0) is 25.2. The number of anilines is 1. The van der Waals surface area contributed by atoms with Crippen molar-refractivity contribution in [1.82, 2.24) is 9.71 Å². The molecule has 8 nitrogen and oxygen atoms in total. The van der Waals surface area contributed by atoms with Crippen molar-refractivity contribution in [3.63, 3.8) is 0 Å². The second-order valence-electron chi connectivity index (χ2n) is 8.22. The van der Waals surface area contributed by atoms with E-state index >= 15 is 0 Å². The highest BCUT2D eigenvalue weighted by molar-refractivity contribution is 7.89. The number of hydrogen-bond donors (Lipinski definition) is 3. The predicted molar refractivity (Wildman–Crippen MR) is 136 cm³/mol. The number of aromatic nitrogens is 1. The monoisotopic (exact) mass is 509 g/mol. The largest absolute Gasteiger partial charge is 0.480 e. The Kier molecular flexibility index (Phi) is 6.97. The maximum atomic E-state index is 12.6. The van der Waals surface area contributed by atoms with Crippen molar-refractivity contribution in [2.45, 2.75) is 24.8 Å². The number of thiazole rings is 1. The summed E-state index contributed by atoms with van der Waals surface area (Å²) in [4.78, 5) is 28.3. The van der Waals surface area contributed by atoms with Gasteiger partial charge in [-0.25, -0.2) is 13.4 Å². The van der Waals surface area contributed by atoms with Crippen molar-refractivity contribution in [2.24, 2.45) is 5.92 Å². The summed E-state index contributed by atoms with van der Waals surface area (Å²) < 4.78 is 28.4. The number of hydrogen-bond acceptors (Lipinski definition) is 6. The van der Waals surface area contributed by atoms with Gasteiger partial charge in [0.2, 0.25) is 10.0 Å². The molecule has 0 bridgehead atoms. The molecule has 0 saturated carbocycles. The minimum absolute atomic E-state index is 0.0205. The first-order valence-corrected chi connectivity index (χ1v) is 13.1. The first kappa shape index (κ1) is 24.5. The number of aliphatic carboxylic acids is 1. The van der Waals surface area contributed by atoms with E-state index in [4.69, 9.17) is 0 Å². The van der Waals surface area contributed by atoms with E-state index in [1.807, 2.05) is 36.4 Å². The summed E-state index contributed by atoms with van der Waals surface area (Å²) in [5, 5.41) is 12.5. The molecular weight excluding hydrogens is 486 g/mol. The van der Waals surface area contributed by atoms with Gasteiger partial charge in [0.05, 0.1) is 15.1 Å². The molecule has 0 unspecified atom stereocenters. The number of rotatable bonds is 8. The molecular formula is C25H23N3O5S2. The third-order valence-electron chi connectivity index (χ3n) is 5.34. The normalized spacial score (nSPS) is 12.5. The number of carbonyl (C=O) groups excluding carboxylic acids is 1. The Balaban J connectivity index is 1.45. The lowest BCUT2D eigenvalue weighted by Crippen LogP contribution is -2.44. The van der Waals surface area contributed by atoms with E-state index in [0.29, 0.717) is 10.7 Å². The molecule has 0 radical (unpaired) electrons. The fourth-order valence-electron chi connectivity index (χ4n) is 3.43. The van der Waals surface area contributed by atoms with Crippen molar-refractivity contribution in [3.05, 3.63) is 77.8 Å². The molecule has 0 aliphatic carbocycles. The van der Waals surface area contributed by atoms with E-state index in [1.54, 1.807) is 38.1 Å². The van der Waals surface area contributed by atoms with Crippen LogP contribution in [0.15, 0.2) is 77.7 Å². The van der Waals surface area contributed by atoms with Gasteiger partial charge in [-0.15, -0.1) is 11.3 Å². The lowest BCUT2D eigenvalue weighted by molar-refractivity contribution is -0.140. The molecule has 1 aromatic heterocycles. The van der Waals surface area contributed by atoms with Gasteiger partial charge in [0.15, 0.2) is 5.01 Å². The smallest absolute Gasteiger partial charge is 0.322 e. The van der Waals surface area contributed by atoms with Crippen LogP contribution in [0.25, 0.3) is 21.3 Å². The summed E-state index contributed by atoms with van der Waals surface area (Å²) in [6, 6.07) is 19.6. The number of nitrogens with one attached hydrogen (secondary N) is 2. The summed E-state index contributed by atoms with van der Waals surface area (Å²) >= 11 is 1.32. The minimum Gasteiger partial charge on any atom is -0.480 e. The van der Waals surface area contributed by atoms with Gasteiger partial charge in [-0.1, -0.05) is 50.2 Å². The van der Waals surface area contributed by atoms with Gasteiger partial charge < -0.3 is 10.4 Å². The molecule has 4 rings (SSSR count). The molecule has 0 spiro atoms. The molecule has 3 N–H and O–H groups in total. The molecule has 35 heavy (non-hydrogen) atoms. The Hall–Kier alpha value is -3.60. The number of sulfonamides is 1. The number of carboxylic acid groups (broad SMARTS) is 1. The fraction of sp³-hybridized carbons (Fsp3) is 0.160. The van der Waals surface area contributed by atoms with Crippen LogP contribution in [0.5, 0.6) is 0 Å². The van der Waals surface area contributed by atoms with E-state index in [9.17, 15) is 23.1 Å².